The average Bonchev–Trinajstić information content (AvgIpc) is 2.53. The molecule has 0 aliphatic carbocycles. The van der Waals surface area contributed by atoms with Crippen molar-refractivity contribution in [2.45, 2.75) is 13.0 Å². The SMILES string of the molecule is CN[C@@H](C)C(=O)c1ccco1. The molecule has 1 aromatic heterocycles. The van der Waals surface area contributed by atoms with Crippen LogP contribution in [-0.4, -0.2) is 18.9 Å². The molecule has 0 bridgehead atoms. The highest BCUT2D eigenvalue weighted by atomic mass is 16.3. The number of ketones is 1. The van der Waals surface area contributed by atoms with Crippen molar-refractivity contribution in [3.05, 3.63) is 24.2 Å². The van der Waals surface area contributed by atoms with Crippen molar-refractivity contribution in [2.24, 2.45) is 0 Å². The second-order valence-electron chi connectivity index (χ2n) is 2.35. The Morgan fingerprint density at radius 3 is 2.91 bits per heavy atom. The van der Waals surface area contributed by atoms with Crippen molar-refractivity contribution in [3.63, 3.8) is 0 Å². The molecule has 1 atom stereocenters. The molecular weight excluding hydrogens is 142 g/mol. The molecule has 0 fully saturated rings. The van der Waals surface area contributed by atoms with Gasteiger partial charge in [-0.1, -0.05) is 0 Å². The minimum absolute atomic E-state index is 0.0162. The average molecular weight is 153 g/mol. The van der Waals surface area contributed by atoms with Crippen molar-refractivity contribution in [3.8, 4) is 0 Å². The number of likely N-dealkylation sites (N-methyl/N-ethyl adjacent to an activating group) is 1. The standard InChI is InChI=1S/C8H11NO2/c1-6(9-2)8(10)7-4-3-5-11-7/h3-6,9H,1-2H3/t6-/m0/s1. The van der Waals surface area contributed by atoms with Crippen LogP contribution in [-0.2, 0) is 0 Å². The van der Waals surface area contributed by atoms with Gasteiger partial charge in [-0.15, -0.1) is 0 Å². The van der Waals surface area contributed by atoms with E-state index in [9.17, 15) is 4.79 Å². The lowest BCUT2D eigenvalue weighted by molar-refractivity contribution is 0.0927. The smallest absolute Gasteiger partial charge is 0.214 e. The first-order chi connectivity index (χ1) is 5.25. The summed E-state index contributed by atoms with van der Waals surface area (Å²) >= 11 is 0. The van der Waals surface area contributed by atoms with E-state index in [4.69, 9.17) is 4.42 Å². The molecule has 0 aliphatic heterocycles. The predicted octanol–water partition coefficient (Wildman–Crippen LogP) is 1.07. The molecule has 0 amide bonds. The topological polar surface area (TPSA) is 42.2 Å². The number of rotatable bonds is 3. The minimum atomic E-state index is -0.179. The summed E-state index contributed by atoms with van der Waals surface area (Å²) < 4.78 is 4.93. The minimum Gasteiger partial charge on any atom is -0.461 e. The maximum Gasteiger partial charge on any atom is 0.214 e. The molecule has 3 nitrogen and oxygen atoms in total. The summed E-state index contributed by atoms with van der Waals surface area (Å²) in [5.41, 5.74) is 0. The highest BCUT2D eigenvalue weighted by molar-refractivity contribution is 5.97. The van der Waals surface area contributed by atoms with Crippen molar-refractivity contribution in [2.75, 3.05) is 7.05 Å². The van der Waals surface area contributed by atoms with Crippen LogP contribution in [0.5, 0.6) is 0 Å². The van der Waals surface area contributed by atoms with Crippen molar-refractivity contribution < 1.29 is 9.21 Å². The summed E-state index contributed by atoms with van der Waals surface area (Å²) in [5, 5.41) is 2.84. The first-order valence-electron chi connectivity index (χ1n) is 3.50. The van der Waals surface area contributed by atoms with Crippen LogP contribution in [0.3, 0.4) is 0 Å². The molecule has 0 spiro atoms. The molecule has 0 unspecified atom stereocenters. The molecular formula is C8H11NO2. The van der Waals surface area contributed by atoms with Gasteiger partial charge in [-0.05, 0) is 26.1 Å². The van der Waals surface area contributed by atoms with E-state index in [2.05, 4.69) is 5.32 Å². The lowest BCUT2D eigenvalue weighted by Gasteiger charge is -2.04. The van der Waals surface area contributed by atoms with E-state index in [1.165, 1.54) is 6.26 Å². The maximum atomic E-state index is 11.3. The Morgan fingerprint density at radius 1 is 1.73 bits per heavy atom. The van der Waals surface area contributed by atoms with Crippen molar-refractivity contribution in [1.29, 1.82) is 0 Å². The predicted molar refractivity (Wildman–Crippen MR) is 41.6 cm³/mol. The number of hydrogen-bond acceptors (Lipinski definition) is 3. The summed E-state index contributed by atoms with van der Waals surface area (Å²) in [4.78, 5) is 11.3. The Hall–Kier alpha value is -1.09. The lowest BCUT2D eigenvalue weighted by Crippen LogP contribution is -2.30. The van der Waals surface area contributed by atoms with Gasteiger partial charge in [0.1, 0.15) is 0 Å². The molecule has 3 heteroatoms. The van der Waals surface area contributed by atoms with Crippen LogP contribution >= 0.6 is 0 Å². The van der Waals surface area contributed by atoms with Gasteiger partial charge in [0.2, 0.25) is 5.78 Å². The van der Waals surface area contributed by atoms with Gasteiger partial charge < -0.3 is 9.73 Å². The Morgan fingerprint density at radius 2 is 2.45 bits per heavy atom. The largest absolute Gasteiger partial charge is 0.461 e. The van der Waals surface area contributed by atoms with Crippen LogP contribution < -0.4 is 5.32 Å². The molecule has 0 aromatic carbocycles. The Bertz CT molecular complexity index is 228. The van der Waals surface area contributed by atoms with Crippen LogP contribution in [0.2, 0.25) is 0 Å². The number of nitrogens with one attached hydrogen (secondary N) is 1. The lowest BCUT2D eigenvalue weighted by atomic mass is 10.2. The van der Waals surface area contributed by atoms with E-state index < -0.39 is 0 Å². The maximum absolute atomic E-state index is 11.3. The summed E-state index contributed by atoms with van der Waals surface area (Å²) in [5.74, 6) is 0.393. The van der Waals surface area contributed by atoms with Gasteiger partial charge in [-0.3, -0.25) is 4.79 Å². The van der Waals surface area contributed by atoms with E-state index in [-0.39, 0.29) is 11.8 Å². The summed E-state index contributed by atoms with van der Waals surface area (Å²) in [6.07, 6.45) is 1.50. The quantitative estimate of drug-likeness (QED) is 0.660. The fraction of sp³-hybridized carbons (Fsp3) is 0.375. The van der Waals surface area contributed by atoms with E-state index in [1.807, 2.05) is 0 Å². The van der Waals surface area contributed by atoms with Gasteiger partial charge in [-0.25, -0.2) is 0 Å². The van der Waals surface area contributed by atoms with E-state index in [0.717, 1.165) is 0 Å². The zero-order valence-corrected chi connectivity index (χ0v) is 6.63. The normalized spacial score (nSPS) is 12.9. The summed E-state index contributed by atoms with van der Waals surface area (Å²) in [7, 11) is 1.74. The van der Waals surface area contributed by atoms with Gasteiger partial charge in [0, 0.05) is 0 Å². The Balaban J connectivity index is 2.70. The molecule has 0 saturated carbocycles. The number of Topliss-reactive ketones (excluding diaryl/α,β-unsaturated/α-hetero) is 1. The van der Waals surface area contributed by atoms with Crippen LogP contribution in [0.15, 0.2) is 22.8 Å². The first kappa shape index (κ1) is 8.01. The highest BCUT2D eigenvalue weighted by Gasteiger charge is 2.14. The number of furan rings is 1. The molecule has 60 valence electrons. The number of carbonyl (C=O) groups is 1. The van der Waals surface area contributed by atoms with Crippen LogP contribution in [0.25, 0.3) is 0 Å². The molecule has 1 aromatic rings. The highest BCUT2D eigenvalue weighted by Crippen LogP contribution is 2.03. The Labute approximate surface area is 65.4 Å². The van der Waals surface area contributed by atoms with Gasteiger partial charge in [0.05, 0.1) is 12.3 Å². The third-order valence-corrected chi connectivity index (χ3v) is 1.59. The van der Waals surface area contributed by atoms with Crippen LogP contribution in [0.4, 0.5) is 0 Å². The molecule has 0 radical (unpaired) electrons. The fourth-order valence-electron chi connectivity index (χ4n) is 0.763. The van der Waals surface area contributed by atoms with E-state index in [0.29, 0.717) is 5.76 Å². The van der Waals surface area contributed by atoms with Gasteiger partial charge >= 0.3 is 0 Å². The van der Waals surface area contributed by atoms with Crippen molar-refractivity contribution >= 4 is 5.78 Å². The number of carbonyl (C=O) groups excluding carboxylic acids is 1. The fourth-order valence-corrected chi connectivity index (χ4v) is 0.763. The van der Waals surface area contributed by atoms with Crippen LogP contribution in [0, 0.1) is 0 Å². The zero-order chi connectivity index (χ0) is 8.27. The number of hydrogen-bond donors (Lipinski definition) is 1. The van der Waals surface area contributed by atoms with Crippen molar-refractivity contribution in [1.82, 2.24) is 5.32 Å². The molecule has 0 saturated heterocycles. The third kappa shape index (κ3) is 1.68. The van der Waals surface area contributed by atoms with E-state index >= 15 is 0 Å². The third-order valence-electron chi connectivity index (χ3n) is 1.59. The molecule has 0 aliphatic rings. The van der Waals surface area contributed by atoms with E-state index in [1.54, 1.807) is 26.1 Å². The summed E-state index contributed by atoms with van der Waals surface area (Å²) in [6.45, 7) is 1.80. The molecule has 1 rings (SSSR count). The van der Waals surface area contributed by atoms with Crippen LogP contribution in [0.1, 0.15) is 17.5 Å². The molecule has 1 N–H and O–H groups in total. The van der Waals surface area contributed by atoms with Gasteiger partial charge in [0.15, 0.2) is 5.76 Å². The summed E-state index contributed by atoms with van der Waals surface area (Å²) in [6, 6.07) is 3.19. The van der Waals surface area contributed by atoms with Gasteiger partial charge in [0.25, 0.3) is 0 Å². The molecule has 11 heavy (non-hydrogen) atoms. The first-order valence-corrected chi connectivity index (χ1v) is 3.50. The molecule has 1 heterocycles. The second kappa shape index (κ2) is 3.34. The monoisotopic (exact) mass is 153 g/mol. The zero-order valence-electron chi connectivity index (χ0n) is 6.63. The Kier molecular flexibility index (Phi) is 2.44. The van der Waals surface area contributed by atoms with Gasteiger partial charge in [-0.2, -0.15) is 0 Å². The second-order valence-corrected chi connectivity index (χ2v) is 2.35.